The molecule has 7 heteroatoms. The lowest BCUT2D eigenvalue weighted by molar-refractivity contribution is 0.268. The van der Waals surface area contributed by atoms with Crippen LogP contribution in [0.3, 0.4) is 0 Å². The smallest absolute Gasteiger partial charge is 0.333 e. The molecule has 1 aromatic carbocycles. The standard InChI is InChI=1S/C19H22N4O3/c1-21-17(24)14(18(25)22(2)19(21)26)15-12-9-5-6-10-13(12)16(20)23(15)11-7-3-4-8-11/h5-6,9-11,15,20,24H,3-4,7-8H2,1-2H3. The molecule has 0 radical (unpaired) electrons. The molecule has 2 aliphatic rings. The van der Waals surface area contributed by atoms with Gasteiger partial charge in [0.05, 0.1) is 6.04 Å². The summed E-state index contributed by atoms with van der Waals surface area (Å²) in [7, 11) is 2.87. The monoisotopic (exact) mass is 354 g/mol. The molecule has 1 aliphatic heterocycles. The van der Waals surface area contributed by atoms with E-state index in [-0.39, 0.29) is 17.5 Å². The summed E-state index contributed by atoms with van der Waals surface area (Å²) in [6.07, 6.45) is 4.10. The van der Waals surface area contributed by atoms with Gasteiger partial charge in [0.25, 0.3) is 5.56 Å². The fourth-order valence-electron chi connectivity index (χ4n) is 4.34. The van der Waals surface area contributed by atoms with Crippen LogP contribution in [-0.2, 0) is 14.1 Å². The molecule has 7 nitrogen and oxygen atoms in total. The van der Waals surface area contributed by atoms with Crippen molar-refractivity contribution in [3.63, 3.8) is 0 Å². The molecular formula is C19H22N4O3. The third kappa shape index (κ3) is 2.16. The molecule has 1 atom stereocenters. The Labute approximate surface area is 150 Å². The van der Waals surface area contributed by atoms with Crippen molar-refractivity contribution in [2.24, 2.45) is 14.1 Å². The molecule has 1 aromatic heterocycles. The lowest BCUT2D eigenvalue weighted by atomic mass is 9.98. The van der Waals surface area contributed by atoms with E-state index in [0.29, 0.717) is 5.84 Å². The zero-order valence-electron chi connectivity index (χ0n) is 14.9. The molecule has 26 heavy (non-hydrogen) atoms. The predicted molar refractivity (Wildman–Crippen MR) is 97.8 cm³/mol. The molecule has 2 aromatic rings. The van der Waals surface area contributed by atoms with E-state index in [4.69, 9.17) is 5.41 Å². The highest BCUT2D eigenvalue weighted by Gasteiger charge is 2.43. The van der Waals surface area contributed by atoms with Gasteiger partial charge < -0.3 is 10.0 Å². The van der Waals surface area contributed by atoms with Crippen molar-refractivity contribution >= 4 is 5.84 Å². The fraction of sp³-hybridized carbons (Fsp3) is 0.421. The van der Waals surface area contributed by atoms with E-state index in [1.54, 1.807) is 0 Å². The summed E-state index contributed by atoms with van der Waals surface area (Å²) in [5, 5.41) is 19.4. The second-order valence-corrected chi connectivity index (χ2v) is 7.13. The second kappa shape index (κ2) is 5.86. The Hall–Kier alpha value is -2.83. The van der Waals surface area contributed by atoms with E-state index < -0.39 is 17.3 Å². The van der Waals surface area contributed by atoms with Gasteiger partial charge >= 0.3 is 5.69 Å². The number of hydrogen-bond acceptors (Lipinski definition) is 4. The van der Waals surface area contributed by atoms with Gasteiger partial charge in [-0.25, -0.2) is 4.79 Å². The minimum Gasteiger partial charge on any atom is -0.494 e. The first kappa shape index (κ1) is 16.6. The van der Waals surface area contributed by atoms with E-state index in [9.17, 15) is 14.7 Å². The maximum Gasteiger partial charge on any atom is 0.333 e. The van der Waals surface area contributed by atoms with Crippen LogP contribution in [-0.4, -0.2) is 31.0 Å². The first-order valence-electron chi connectivity index (χ1n) is 8.88. The van der Waals surface area contributed by atoms with Crippen LogP contribution in [0.5, 0.6) is 5.88 Å². The lowest BCUT2D eigenvalue weighted by Gasteiger charge is -2.33. The van der Waals surface area contributed by atoms with Crippen LogP contribution in [0.25, 0.3) is 0 Å². The summed E-state index contributed by atoms with van der Waals surface area (Å²) >= 11 is 0. The number of nitrogens with one attached hydrogen (secondary N) is 1. The minimum atomic E-state index is -0.565. The van der Waals surface area contributed by atoms with E-state index in [2.05, 4.69) is 0 Å². The van der Waals surface area contributed by atoms with E-state index in [1.165, 1.54) is 14.1 Å². The number of amidine groups is 1. The van der Waals surface area contributed by atoms with Crippen LogP contribution >= 0.6 is 0 Å². The minimum absolute atomic E-state index is 0.154. The molecule has 1 aliphatic carbocycles. The molecule has 1 saturated carbocycles. The van der Waals surface area contributed by atoms with Crippen molar-refractivity contribution in [1.29, 1.82) is 5.41 Å². The molecule has 0 spiro atoms. The average molecular weight is 354 g/mol. The fourth-order valence-corrected chi connectivity index (χ4v) is 4.34. The molecule has 0 saturated heterocycles. The highest BCUT2D eigenvalue weighted by molar-refractivity contribution is 6.02. The topological polar surface area (TPSA) is 91.3 Å². The SMILES string of the molecule is Cn1c(O)c(C2c3ccccc3C(=N)N2C2CCCC2)c(=O)n(C)c1=O. The van der Waals surface area contributed by atoms with Gasteiger partial charge in [0, 0.05) is 25.7 Å². The van der Waals surface area contributed by atoms with Gasteiger partial charge in [-0.1, -0.05) is 37.1 Å². The second-order valence-electron chi connectivity index (χ2n) is 7.13. The molecule has 0 bridgehead atoms. The van der Waals surface area contributed by atoms with Gasteiger partial charge in [-0.05, 0) is 18.4 Å². The Morgan fingerprint density at radius 1 is 1.08 bits per heavy atom. The van der Waals surface area contributed by atoms with E-state index >= 15 is 0 Å². The molecular weight excluding hydrogens is 332 g/mol. The Kier molecular flexibility index (Phi) is 3.75. The van der Waals surface area contributed by atoms with Gasteiger partial charge in [-0.2, -0.15) is 0 Å². The van der Waals surface area contributed by atoms with Gasteiger partial charge in [-0.15, -0.1) is 0 Å². The molecule has 136 valence electrons. The van der Waals surface area contributed by atoms with Crippen LogP contribution in [0.2, 0.25) is 0 Å². The number of fused-ring (bicyclic) bond motifs is 1. The summed E-state index contributed by atoms with van der Waals surface area (Å²) in [6.45, 7) is 0. The summed E-state index contributed by atoms with van der Waals surface area (Å²) in [5.74, 6) is 0.0587. The molecule has 1 unspecified atom stereocenters. The maximum absolute atomic E-state index is 12.9. The first-order valence-corrected chi connectivity index (χ1v) is 8.88. The number of hydrogen-bond donors (Lipinski definition) is 2. The van der Waals surface area contributed by atoms with Crippen molar-refractivity contribution in [3.05, 3.63) is 61.8 Å². The Morgan fingerprint density at radius 2 is 1.73 bits per heavy atom. The van der Waals surface area contributed by atoms with Crippen molar-refractivity contribution in [2.75, 3.05) is 0 Å². The first-order chi connectivity index (χ1) is 12.4. The number of aromatic nitrogens is 2. The molecule has 1 fully saturated rings. The van der Waals surface area contributed by atoms with Gasteiger partial charge in [0.2, 0.25) is 5.88 Å². The van der Waals surface area contributed by atoms with Crippen molar-refractivity contribution in [3.8, 4) is 5.88 Å². The summed E-state index contributed by atoms with van der Waals surface area (Å²) in [4.78, 5) is 27.0. The maximum atomic E-state index is 12.9. The Balaban J connectivity index is 2.00. The summed E-state index contributed by atoms with van der Waals surface area (Å²) in [5.41, 5.74) is 0.694. The quantitative estimate of drug-likeness (QED) is 0.854. The van der Waals surface area contributed by atoms with Crippen LogP contribution in [0.4, 0.5) is 0 Å². The molecule has 2 N–H and O–H groups in total. The van der Waals surface area contributed by atoms with Crippen LogP contribution < -0.4 is 11.2 Å². The zero-order valence-corrected chi connectivity index (χ0v) is 14.9. The van der Waals surface area contributed by atoms with Crippen molar-refractivity contribution in [1.82, 2.24) is 14.0 Å². The summed E-state index contributed by atoms with van der Waals surface area (Å²) in [6, 6.07) is 7.13. The predicted octanol–water partition coefficient (Wildman–Crippen LogP) is 1.46. The van der Waals surface area contributed by atoms with Crippen LogP contribution in [0, 0.1) is 5.41 Å². The number of benzene rings is 1. The molecule has 0 amide bonds. The zero-order chi connectivity index (χ0) is 18.6. The third-order valence-corrected chi connectivity index (χ3v) is 5.71. The summed E-state index contributed by atoms with van der Waals surface area (Å²) < 4.78 is 2.11. The van der Waals surface area contributed by atoms with Crippen molar-refractivity contribution < 1.29 is 5.11 Å². The Morgan fingerprint density at radius 3 is 2.42 bits per heavy atom. The average Bonchev–Trinajstić information content (AvgIpc) is 3.26. The molecule has 2 heterocycles. The number of rotatable bonds is 2. The van der Waals surface area contributed by atoms with Gasteiger partial charge in [-0.3, -0.25) is 19.3 Å². The largest absolute Gasteiger partial charge is 0.494 e. The van der Waals surface area contributed by atoms with Gasteiger partial charge in [0.1, 0.15) is 11.4 Å². The van der Waals surface area contributed by atoms with Crippen molar-refractivity contribution in [2.45, 2.75) is 37.8 Å². The Bertz CT molecular complexity index is 1010. The van der Waals surface area contributed by atoms with E-state index in [1.807, 2.05) is 29.2 Å². The lowest BCUT2D eigenvalue weighted by Crippen LogP contribution is -2.44. The van der Waals surface area contributed by atoms with Crippen LogP contribution in [0.15, 0.2) is 33.9 Å². The normalized spacial score (nSPS) is 20.0. The third-order valence-electron chi connectivity index (χ3n) is 5.71. The van der Waals surface area contributed by atoms with Crippen LogP contribution in [0.1, 0.15) is 48.4 Å². The van der Waals surface area contributed by atoms with Gasteiger partial charge in [0.15, 0.2) is 0 Å². The number of aromatic hydroxyl groups is 1. The number of nitrogens with zero attached hydrogens (tertiary/aromatic N) is 3. The molecule has 4 rings (SSSR count). The highest BCUT2D eigenvalue weighted by Crippen LogP contribution is 2.43. The highest BCUT2D eigenvalue weighted by atomic mass is 16.3. The van der Waals surface area contributed by atoms with E-state index in [0.717, 1.165) is 45.9 Å².